The summed E-state index contributed by atoms with van der Waals surface area (Å²) in [5.74, 6) is 1.61. The van der Waals surface area contributed by atoms with Gasteiger partial charge >= 0.3 is 0 Å². The number of nitrogens with zero attached hydrogens (tertiary/aromatic N) is 2. The molecule has 0 heterocycles. The summed E-state index contributed by atoms with van der Waals surface area (Å²) in [6.45, 7) is 4.80. The van der Waals surface area contributed by atoms with E-state index in [1.54, 1.807) is 0 Å². The first-order valence-electron chi connectivity index (χ1n) is 7.50. The maximum atomic E-state index is 4.66. The number of fused-ring (bicyclic) bond motifs is 1. The van der Waals surface area contributed by atoms with Crippen LogP contribution in [0.25, 0.3) is 0 Å². The molecule has 20 heavy (non-hydrogen) atoms. The van der Waals surface area contributed by atoms with E-state index in [0.29, 0.717) is 11.3 Å². The molecule has 4 rings (SSSR count). The fourth-order valence-corrected chi connectivity index (χ4v) is 3.53. The molecule has 0 aliphatic heterocycles. The number of allylic oxidation sites excluding steroid dienone is 2. The lowest BCUT2D eigenvalue weighted by molar-refractivity contribution is -0.00123. The summed E-state index contributed by atoms with van der Waals surface area (Å²) in [5.41, 5.74) is 4.17. The van der Waals surface area contributed by atoms with E-state index in [9.17, 15) is 0 Å². The van der Waals surface area contributed by atoms with Crippen LogP contribution in [-0.4, -0.2) is 20.3 Å². The minimum atomic E-state index is 0.477. The summed E-state index contributed by atoms with van der Waals surface area (Å²) in [5, 5.41) is 0. The fraction of sp³-hybridized carbons (Fsp3) is 0.500. The van der Waals surface area contributed by atoms with Crippen LogP contribution in [0.1, 0.15) is 26.7 Å². The van der Waals surface area contributed by atoms with E-state index in [-0.39, 0.29) is 0 Å². The van der Waals surface area contributed by atoms with Crippen LogP contribution in [0.5, 0.6) is 0 Å². The maximum absolute atomic E-state index is 4.66. The zero-order valence-electron chi connectivity index (χ0n) is 12.9. The van der Waals surface area contributed by atoms with E-state index < -0.39 is 0 Å². The Labute approximate surface area is 122 Å². The van der Waals surface area contributed by atoms with Crippen LogP contribution in [0, 0.1) is 17.3 Å². The van der Waals surface area contributed by atoms with Crippen LogP contribution < -0.4 is 4.90 Å². The first-order chi connectivity index (χ1) is 9.48. The summed E-state index contributed by atoms with van der Waals surface area (Å²) in [6, 6.07) is 8.41. The molecule has 2 unspecified atom stereocenters. The number of benzene rings is 1. The van der Waals surface area contributed by atoms with Crippen LogP contribution in [0.4, 0.5) is 11.4 Å². The van der Waals surface area contributed by atoms with Gasteiger partial charge in [0.05, 0.1) is 5.69 Å². The van der Waals surface area contributed by atoms with Gasteiger partial charge in [-0.15, -0.1) is 0 Å². The van der Waals surface area contributed by atoms with Crippen LogP contribution in [0.3, 0.4) is 0 Å². The monoisotopic (exact) mass is 268 g/mol. The van der Waals surface area contributed by atoms with Gasteiger partial charge in [-0.1, -0.05) is 19.9 Å². The molecule has 2 nitrogen and oxygen atoms in total. The number of rotatable bonds is 3. The molecule has 0 radical (unpaired) electrons. The third kappa shape index (κ3) is 2.17. The molecule has 1 aromatic rings. The first kappa shape index (κ1) is 13.4. The van der Waals surface area contributed by atoms with E-state index in [0.717, 1.165) is 11.6 Å². The number of hydrogen-bond acceptors (Lipinski definition) is 2. The van der Waals surface area contributed by atoms with Gasteiger partial charge in [-0.2, -0.15) is 0 Å². The molecule has 0 aromatic heterocycles. The Balaban J connectivity index is 1.73. The van der Waals surface area contributed by atoms with E-state index in [1.165, 1.54) is 24.1 Å². The molecule has 0 N–H and O–H groups in total. The highest BCUT2D eigenvalue weighted by atomic mass is 15.1. The standard InChI is InChI=1S/C18H24N2/c1-18(2)14-6-5-13(17(18)11-14)12-19-15-7-9-16(10-8-15)20(3)4/h5,7-10,12,14,17H,6,11H2,1-4H3. The predicted octanol–water partition coefficient (Wildman–Crippen LogP) is 4.45. The molecule has 3 aliphatic rings. The quantitative estimate of drug-likeness (QED) is 0.740. The molecule has 1 aromatic carbocycles. The van der Waals surface area contributed by atoms with Crippen molar-refractivity contribution in [1.29, 1.82) is 0 Å². The fourth-order valence-electron chi connectivity index (χ4n) is 3.53. The van der Waals surface area contributed by atoms with E-state index >= 15 is 0 Å². The minimum Gasteiger partial charge on any atom is -0.378 e. The molecule has 1 saturated carbocycles. The first-order valence-corrected chi connectivity index (χ1v) is 7.50. The number of hydrogen-bond donors (Lipinski definition) is 0. The van der Waals surface area contributed by atoms with Crippen LogP contribution in [0.15, 0.2) is 40.9 Å². The second kappa shape index (κ2) is 4.76. The van der Waals surface area contributed by atoms with Gasteiger partial charge in [0.15, 0.2) is 0 Å². The zero-order chi connectivity index (χ0) is 14.3. The summed E-state index contributed by atoms with van der Waals surface area (Å²) >= 11 is 0. The number of anilines is 1. The summed E-state index contributed by atoms with van der Waals surface area (Å²) in [6.07, 6.45) is 7.06. The molecule has 2 bridgehead atoms. The lowest BCUT2D eigenvalue weighted by atomic mass is 9.49. The topological polar surface area (TPSA) is 15.6 Å². The van der Waals surface area contributed by atoms with E-state index in [4.69, 9.17) is 0 Å². The normalized spacial score (nSPS) is 27.1. The molecular weight excluding hydrogens is 244 g/mol. The third-order valence-electron chi connectivity index (χ3n) is 5.24. The Morgan fingerprint density at radius 1 is 1.20 bits per heavy atom. The van der Waals surface area contributed by atoms with Crippen molar-refractivity contribution < 1.29 is 0 Å². The van der Waals surface area contributed by atoms with Crippen molar-refractivity contribution in [3.8, 4) is 0 Å². The Bertz CT molecular complexity index is 549. The molecule has 2 atom stereocenters. The average Bonchev–Trinajstić information content (AvgIpc) is 2.45. The summed E-state index contributed by atoms with van der Waals surface area (Å²) in [4.78, 5) is 6.76. The van der Waals surface area contributed by atoms with Crippen molar-refractivity contribution in [3.63, 3.8) is 0 Å². The van der Waals surface area contributed by atoms with Gasteiger partial charge in [-0.3, -0.25) is 4.99 Å². The largest absolute Gasteiger partial charge is 0.378 e. The van der Waals surface area contributed by atoms with Crippen molar-refractivity contribution >= 4 is 17.6 Å². The average molecular weight is 268 g/mol. The lowest BCUT2D eigenvalue weighted by Gasteiger charge is -2.55. The van der Waals surface area contributed by atoms with Gasteiger partial charge in [0.2, 0.25) is 0 Å². The van der Waals surface area contributed by atoms with Gasteiger partial charge < -0.3 is 4.90 Å². The van der Waals surface area contributed by atoms with Crippen molar-refractivity contribution in [2.45, 2.75) is 26.7 Å². The van der Waals surface area contributed by atoms with Crippen molar-refractivity contribution in [2.75, 3.05) is 19.0 Å². The maximum Gasteiger partial charge on any atom is 0.0631 e. The van der Waals surface area contributed by atoms with Gasteiger partial charge in [0, 0.05) is 26.0 Å². The lowest BCUT2D eigenvalue weighted by Crippen LogP contribution is -2.48. The summed E-state index contributed by atoms with van der Waals surface area (Å²) < 4.78 is 0. The Kier molecular flexibility index (Phi) is 3.19. The van der Waals surface area contributed by atoms with Gasteiger partial charge in [0.25, 0.3) is 0 Å². The van der Waals surface area contributed by atoms with E-state index in [1.807, 2.05) is 0 Å². The highest BCUT2D eigenvalue weighted by Crippen LogP contribution is 2.58. The van der Waals surface area contributed by atoms with Gasteiger partial charge in [-0.25, -0.2) is 0 Å². The van der Waals surface area contributed by atoms with Crippen LogP contribution >= 0.6 is 0 Å². The second-order valence-corrected chi connectivity index (χ2v) is 6.92. The Morgan fingerprint density at radius 3 is 2.45 bits per heavy atom. The minimum absolute atomic E-state index is 0.477. The van der Waals surface area contributed by atoms with Crippen LogP contribution in [0.2, 0.25) is 0 Å². The SMILES string of the molecule is CN(C)c1ccc(N=CC2=CCC3CC2C3(C)C)cc1. The molecular formula is C18H24N2. The molecule has 106 valence electrons. The Morgan fingerprint density at radius 2 is 1.90 bits per heavy atom. The molecule has 1 fully saturated rings. The molecule has 3 aliphatic carbocycles. The van der Waals surface area contributed by atoms with Crippen molar-refractivity contribution in [1.82, 2.24) is 0 Å². The highest BCUT2D eigenvalue weighted by molar-refractivity contribution is 5.83. The predicted molar refractivity (Wildman–Crippen MR) is 87.0 cm³/mol. The molecule has 0 saturated heterocycles. The van der Waals surface area contributed by atoms with E-state index in [2.05, 4.69) is 74.4 Å². The van der Waals surface area contributed by atoms with Crippen molar-refractivity contribution in [3.05, 3.63) is 35.9 Å². The second-order valence-electron chi connectivity index (χ2n) is 6.92. The van der Waals surface area contributed by atoms with Crippen LogP contribution in [-0.2, 0) is 0 Å². The van der Waals surface area contributed by atoms with Crippen molar-refractivity contribution in [2.24, 2.45) is 22.2 Å². The Hall–Kier alpha value is -1.57. The van der Waals surface area contributed by atoms with Gasteiger partial charge in [-0.05, 0) is 59.9 Å². The molecule has 2 heteroatoms. The zero-order valence-corrected chi connectivity index (χ0v) is 12.9. The molecule has 0 spiro atoms. The smallest absolute Gasteiger partial charge is 0.0631 e. The van der Waals surface area contributed by atoms with Gasteiger partial charge in [0.1, 0.15) is 0 Å². The highest BCUT2D eigenvalue weighted by Gasteiger charge is 2.50. The molecule has 0 amide bonds. The third-order valence-corrected chi connectivity index (χ3v) is 5.24. The number of aliphatic imine (C=N–C) groups is 1. The summed E-state index contributed by atoms with van der Waals surface area (Å²) in [7, 11) is 4.11.